The Bertz CT molecular complexity index is 390. The summed E-state index contributed by atoms with van der Waals surface area (Å²) in [5, 5.41) is 4.64. The summed E-state index contributed by atoms with van der Waals surface area (Å²) >= 11 is 1.40. The van der Waals surface area contributed by atoms with E-state index < -0.39 is 0 Å². The zero-order valence-corrected chi connectivity index (χ0v) is 12.5. The van der Waals surface area contributed by atoms with Crippen LogP contribution < -0.4 is 5.32 Å². The van der Waals surface area contributed by atoms with Crippen molar-refractivity contribution in [3.63, 3.8) is 0 Å². The number of thiophene rings is 1. The van der Waals surface area contributed by atoms with Crippen molar-refractivity contribution in [3.05, 3.63) is 22.4 Å². The molecule has 4 nitrogen and oxygen atoms in total. The summed E-state index contributed by atoms with van der Waals surface area (Å²) in [6.45, 7) is 6.04. The lowest BCUT2D eigenvalue weighted by atomic mass is 10.3. The Kier molecular flexibility index (Phi) is 7.18. The normalized spacial score (nSPS) is 10.2. The van der Waals surface area contributed by atoms with Gasteiger partial charge in [-0.25, -0.2) is 0 Å². The summed E-state index contributed by atoms with van der Waals surface area (Å²) in [5.41, 5.74) is 0. The lowest BCUT2D eigenvalue weighted by Gasteiger charge is -2.20. The highest BCUT2D eigenvalue weighted by molar-refractivity contribution is 7.12. The van der Waals surface area contributed by atoms with Crippen LogP contribution in [0.5, 0.6) is 0 Å². The minimum absolute atomic E-state index is 0.0978. The van der Waals surface area contributed by atoms with Gasteiger partial charge in [0, 0.05) is 26.1 Å². The van der Waals surface area contributed by atoms with Crippen LogP contribution in [-0.2, 0) is 4.79 Å². The average molecular weight is 282 g/mol. The maximum atomic E-state index is 11.9. The molecule has 1 heterocycles. The highest BCUT2D eigenvalue weighted by atomic mass is 32.1. The first-order chi connectivity index (χ1) is 9.19. The van der Waals surface area contributed by atoms with Crippen LogP contribution in [0.1, 0.15) is 42.8 Å². The summed E-state index contributed by atoms with van der Waals surface area (Å²) in [4.78, 5) is 26.1. The van der Waals surface area contributed by atoms with E-state index in [2.05, 4.69) is 12.2 Å². The number of amides is 2. The summed E-state index contributed by atoms with van der Waals surface area (Å²) in [6.07, 6.45) is 2.48. The number of unbranched alkanes of at least 4 members (excludes halogenated alkanes) is 1. The van der Waals surface area contributed by atoms with Gasteiger partial charge in [-0.3, -0.25) is 9.59 Å². The maximum absolute atomic E-state index is 11.9. The molecule has 0 aliphatic heterocycles. The fourth-order valence-electron chi connectivity index (χ4n) is 1.74. The first-order valence-electron chi connectivity index (χ1n) is 6.78. The van der Waals surface area contributed by atoms with E-state index >= 15 is 0 Å². The number of hydrogen-bond acceptors (Lipinski definition) is 3. The first-order valence-corrected chi connectivity index (χ1v) is 7.66. The molecule has 106 valence electrons. The third-order valence-corrected chi connectivity index (χ3v) is 3.75. The minimum Gasteiger partial charge on any atom is -0.351 e. The van der Waals surface area contributed by atoms with Crippen LogP contribution in [-0.4, -0.2) is 36.3 Å². The van der Waals surface area contributed by atoms with Crippen LogP contribution in [0, 0.1) is 0 Å². The molecule has 0 aliphatic carbocycles. The van der Waals surface area contributed by atoms with Gasteiger partial charge in [0.15, 0.2) is 0 Å². The second-order valence-electron chi connectivity index (χ2n) is 4.31. The minimum atomic E-state index is -0.0978. The van der Waals surface area contributed by atoms with E-state index in [1.165, 1.54) is 11.3 Å². The topological polar surface area (TPSA) is 49.4 Å². The van der Waals surface area contributed by atoms with Crippen LogP contribution in [0.15, 0.2) is 17.5 Å². The molecule has 0 spiro atoms. The molecule has 19 heavy (non-hydrogen) atoms. The van der Waals surface area contributed by atoms with Crippen molar-refractivity contribution in [2.24, 2.45) is 0 Å². The van der Waals surface area contributed by atoms with Crippen molar-refractivity contribution < 1.29 is 9.59 Å². The summed E-state index contributed by atoms with van der Waals surface area (Å²) in [7, 11) is 0. The molecule has 5 heteroatoms. The van der Waals surface area contributed by atoms with Gasteiger partial charge in [0.1, 0.15) is 0 Å². The van der Waals surface area contributed by atoms with Crippen molar-refractivity contribution in [1.29, 1.82) is 0 Å². The number of hydrogen-bond donors (Lipinski definition) is 1. The van der Waals surface area contributed by atoms with Crippen molar-refractivity contribution >= 4 is 23.2 Å². The third kappa shape index (κ3) is 5.42. The quantitative estimate of drug-likeness (QED) is 0.796. The van der Waals surface area contributed by atoms with E-state index in [-0.39, 0.29) is 11.8 Å². The number of nitrogens with one attached hydrogen (secondary N) is 1. The van der Waals surface area contributed by atoms with Gasteiger partial charge in [-0.2, -0.15) is 0 Å². The zero-order valence-electron chi connectivity index (χ0n) is 11.6. The summed E-state index contributed by atoms with van der Waals surface area (Å²) in [5.74, 6) is 0.0156. The summed E-state index contributed by atoms with van der Waals surface area (Å²) < 4.78 is 0. The van der Waals surface area contributed by atoms with E-state index in [4.69, 9.17) is 0 Å². The second-order valence-corrected chi connectivity index (χ2v) is 5.26. The van der Waals surface area contributed by atoms with Crippen LogP contribution in [0.3, 0.4) is 0 Å². The molecule has 0 bridgehead atoms. The predicted molar refractivity (Wildman–Crippen MR) is 78.4 cm³/mol. The maximum Gasteiger partial charge on any atom is 0.261 e. The molecule has 0 atom stereocenters. The Morgan fingerprint density at radius 2 is 2.16 bits per heavy atom. The molecular weight excluding hydrogens is 260 g/mol. The van der Waals surface area contributed by atoms with Gasteiger partial charge in [-0.05, 0) is 24.8 Å². The fourth-order valence-corrected chi connectivity index (χ4v) is 2.38. The average Bonchev–Trinajstić information content (AvgIpc) is 2.93. The Morgan fingerprint density at radius 1 is 1.37 bits per heavy atom. The molecule has 2 amide bonds. The molecule has 0 saturated heterocycles. The standard InChI is InChI=1S/C14H22N2O2S/c1-3-5-10-16(4-2)13(17)8-9-15-14(18)12-7-6-11-19-12/h6-7,11H,3-5,8-10H2,1-2H3,(H,15,18). The van der Waals surface area contributed by atoms with Crippen molar-refractivity contribution in [2.75, 3.05) is 19.6 Å². The fraction of sp³-hybridized carbons (Fsp3) is 0.571. The predicted octanol–water partition coefficient (Wildman–Crippen LogP) is 2.52. The molecule has 0 saturated carbocycles. The van der Waals surface area contributed by atoms with Crippen LogP contribution in [0.2, 0.25) is 0 Å². The van der Waals surface area contributed by atoms with Gasteiger partial charge in [0.05, 0.1) is 4.88 Å². The molecule has 0 fully saturated rings. The lowest BCUT2D eigenvalue weighted by Crippen LogP contribution is -2.35. The number of rotatable bonds is 8. The van der Waals surface area contributed by atoms with Gasteiger partial charge in [-0.15, -0.1) is 11.3 Å². The SMILES string of the molecule is CCCCN(CC)C(=O)CCNC(=O)c1cccs1. The van der Waals surface area contributed by atoms with Crippen LogP contribution in [0.4, 0.5) is 0 Å². The van der Waals surface area contributed by atoms with E-state index in [9.17, 15) is 9.59 Å². The monoisotopic (exact) mass is 282 g/mol. The van der Waals surface area contributed by atoms with Gasteiger partial charge < -0.3 is 10.2 Å². The van der Waals surface area contributed by atoms with Crippen molar-refractivity contribution in [3.8, 4) is 0 Å². The smallest absolute Gasteiger partial charge is 0.261 e. The number of nitrogens with zero attached hydrogens (tertiary/aromatic N) is 1. The third-order valence-electron chi connectivity index (χ3n) is 2.89. The Morgan fingerprint density at radius 3 is 2.74 bits per heavy atom. The van der Waals surface area contributed by atoms with E-state index in [1.807, 2.05) is 23.3 Å². The molecule has 1 aromatic rings. The van der Waals surface area contributed by atoms with Gasteiger partial charge in [0.2, 0.25) is 5.91 Å². The molecule has 1 N–H and O–H groups in total. The molecule has 0 aromatic carbocycles. The highest BCUT2D eigenvalue weighted by Gasteiger charge is 2.12. The molecular formula is C14H22N2O2S. The molecule has 0 aliphatic rings. The molecule has 0 radical (unpaired) electrons. The Labute approximate surface area is 118 Å². The van der Waals surface area contributed by atoms with Crippen LogP contribution in [0.25, 0.3) is 0 Å². The highest BCUT2D eigenvalue weighted by Crippen LogP contribution is 2.07. The summed E-state index contributed by atoms with van der Waals surface area (Å²) in [6, 6.07) is 3.62. The lowest BCUT2D eigenvalue weighted by molar-refractivity contribution is -0.130. The number of carbonyl (C=O) groups excluding carboxylic acids is 2. The molecule has 1 rings (SSSR count). The second kappa shape index (κ2) is 8.69. The van der Waals surface area contributed by atoms with Crippen molar-refractivity contribution in [1.82, 2.24) is 10.2 Å². The van der Waals surface area contributed by atoms with E-state index in [1.54, 1.807) is 6.07 Å². The van der Waals surface area contributed by atoms with Gasteiger partial charge >= 0.3 is 0 Å². The molecule has 0 unspecified atom stereocenters. The number of carbonyl (C=O) groups is 2. The van der Waals surface area contributed by atoms with E-state index in [0.717, 1.165) is 25.9 Å². The van der Waals surface area contributed by atoms with Gasteiger partial charge in [-0.1, -0.05) is 19.4 Å². The first kappa shape index (κ1) is 15.7. The van der Waals surface area contributed by atoms with Crippen LogP contribution >= 0.6 is 11.3 Å². The largest absolute Gasteiger partial charge is 0.351 e. The van der Waals surface area contributed by atoms with E-state index in [0.29, 0.717) is 17.8 Å². The Balaban J connectivity index is 2.27. The van der Waals surface area contributed by atoms with Gasteiger partial charge in [0.25, 0.3) is 5.91 Å². The molecule has 1 aromatic heterocycles. The zero-order chi connectivity index (χ0) is 14.1. The van der Waals surface area contributed by atoms with Crippen molar-refractivity contribution in [2.45, 2.75) is 33.1 Å². The Hall–Kier alpha value is -1.36.